The normalized spacial score (nSPS) is 46.2. The van der Waals surface area contributed by atoms with Crippen molar-refractivity contribution in [3.05, 3.63) is 35.5 Å². The summed E-state index contributed by atoms with van der Waals surface area (Å²) in [5.74, 6) is 0.972. The van der Waals surface area contributed by atoms with Crippen molar-refractivity contribution in [3.8, 4) is 0 Å². The van der Waals surface area contributed by atoms with Gasteiger partial charge in [-0.25, -0.2) is 0 Å². The molecule has 2 saturated carbocycles. The maximum absolute atomic E-state index is 13.3. The van der Waals surface area contributed by atoms with Gasteiger partial charge in [-0.05, 0) is 95.7 Å². The second kappa shape index (κ2) is 6.98. The van der Waals surface area contributed by atoms with Crippen LogP contribution in [-0.2, 0) is 14.3 Å². The Hall–Kier alpha value is -1.64. The number of hydrogen-bond acceptors (Lipinski definition) is 3. The monoisotopic (exact) mass is 464 g/mol. The average Bonchev–Trinajstić information content (AvgIpc) is 2.76. The number of ketones is 1. The molecule has 6 atom stereocenters. The molecule has 34 heavy (non-hydrogen) atoms. The molecule has 0 aromatic carbocycles. The summed E-state index contributed by atoms with van der Waals surface area (Å²) in [6.07, 6.45) is 16.0. The molecular weight excluding hydrogens is 420 g/mol. The zero-order valence-corrected chi connectivity index (χ0v) is 22.6. The summed E-state index contributed by atoms with van der Waals surface area (Å²) in [7, 11) is 1.56. The predicted molar refractivity (Wildman–Crippen MR) is 136 cm³/mol. The highest BCUT2D eigenvalue weighted by Gasteiger charge is 2.66. The first-order valence-electron chi connectivity index (χ1n) is 13.4. The molecule has 0 N–H and O–H groups in total. The summed E-state index contributed by atoms with van der Waals surface area (Å²) in [5, 5.41) is 0. The molecule has 0 spiro atoms. The highest BCUT2D eigenvalue weighted by Crippen LogP contribution is 2.73. The smallest absolute Gasteiger partial charge is 0.315 e. The van der Waals surface area contributed by atoms with E-state index < -0.39 is 5.41 Å². The van der Waals surface area contributed by atoms with E-state index in [1.165, 1.54) is 11.1 Å². The molecule has 2 fully saturated rings. The minimum Gasteiger partial charge on any atom is -0.468 e. The topological polar surface area (TPSA) is 43.4 Å². The first-order chi connectivity index (χ1) is 15.7. The zero-order valence-electron chi connectivity index (χ0n) is 22.6. The molecule has 3 nitrogen and oxygen atoms in total. The van der Waals surface area contributed by atoms with Crippen LogP contribution in [0.1, 0.15) is 93.4 Å². The fourth-order valence-electron chi connectivity index (χ4n) is 9.44. The Morgan fingerprint density at radius 3 is 2.29 bits per heavy atom. The third-order valence-electron chi connectivity index (χ3n) is 11.9. The number of methoxy groups -OCH3 is 1. The van der Waals surface area contributed by atoms with Crippen LogP contribution in [0.4, 0.5) is 0 Å². The van der Waals surface area contributed by atoms with E-state index in [4.69, 9.17) is 4.74 Å². The van der Waals surface area contributed by atoms with Gasteiger partial charge in [-0.2, -0.15) is 0 Å². The minimum atomic E-state index is -0.451. The predicted octanol–water partition coefficient (Wildman–Crippen LogP) is 7.23. The summed E-state index contributed by atoms with van der Waals surface area (Å²) < 4.78 is 5.44. The van der Waals surface area contributed by atoms with Crippen molar-refractivity contribution < 1.29 is 14.3 Å². The highest BCUT2D eigenvalue weighted by molar-refractivity contribution is 5.95. The van der Waals surface area contributed by atoms with Gasteiger partial charge in [-0.15, -0.1) is 0 Å². The number of hydrogen-bond donors (Lipinski definition) is 0. The summed E-state index contributed by atoms with van der Waals surface area (Å²) in [6, 6.07) is 0. The number of ether oxygens (including phenoxy) is 1. The lowest BCUT2D eigenvalue weighted by atomic mass is 9.36. The minimum absolute atomic E-state index is 0.0140. The number of esters is 1. The molecule has 0 aliphatic heterocycles. The second-order valence-corrected chi connectivity index (χ2v) is 14.3. The lowest BCUT2D eigenvalue weighted by Crippen LogP contribution is -2.61. The largest absolute Gasteiger partial charge is 0.468 e. The van der Waals surface area contributed by atoms with Crippen molar-refractivity contribution in [2.45, 2.75) is 93.4 Å². The molecule has 0 aromatic rings. The van der Waals surface area contributed by atoms with Gasteiger partial charge in [0.15, 0.2) is 5.78 Å². The van der Waals surface area contributed by atoms with Crippen LogP contribution >= 0.6 is 0 Å². The quantitative estimate of drug-likeness (QED) is 0.385. The van der Waals surface area contributed by atoms with Crippen LogP contribution in [0.2, 0.25) is 0 Å². The van der Waals surface area contributed by atoms with E-state index in [0.717, 1.165) is 44.9 Å². The van der Waals surface area contributed by atoms with E-state index in [9.17, 15) is 9.59 Å². The fourth-order valence-corrected chi connectivity index (χ4v) is 9.44. The number of fused-ring (bicyclic) bond motifs is 6. The van der Waals surface area contributed by atoms with E-state index in [0.29, 0.717) is 11.8 Å². The van der Waals surface area contributed by atoms with Gasteiger partial charge in [0.2, 0.25) is 0 Å². The molecule has 0 heterocycles. The van der Waals surface area contributed by atoms with Gasteiger partial charge in [0.05, 0.1) is 12.5 Å². The molecular formula is C31H44O3. The first-order valence-corrected chi connectivity index (χ1v) is 13.4. The van der Waals surface area contributed by atoms with Crippen molar-refractivity contribution in [1.29, 1.82) is 0 Å². The van der Waals surface area contributed by atoms with Crippen LogP contribution in [0.5, 0.6) is 0 Å². The van der Waals surface area contributed by atoms with E-state index in [1.807, 2.05) is 6.08 Å². The average molecular weight is 465 g/mol. The maximum Gasteiger partial charge on any atom is 0.315 e. The molecule has 0 bridgehead atoms. The molecule has 0 unspecified atom stereocenters. The highest BCUT2D eigenvalue weighted by atomic mass is 16.5. The van der Waals surface area contributed by atoms with Gasteiger partial charge < -0.3 is 4.74 Å². The van der Waals surface area contributed by atoms with Gasteiger partial charge in [0.25, 0.3) is 0 Å². The van der Waals surface area contributed by atoms with Crippen molar-refractivity contribution in [3.63, 3.8) is 0 Å². The Kier molecular flexibility index (Phi) is 4.94. The third kappa shape index (κ3) is 2.76. The molecule has 3 heteroatoms. The SMILES string of the molecule is COC(=O)[C@]12CCC(C)(C)CC1=C1C=C[C@@H]3[C@@]4(C)C=CC(=O)C(C)(C)[C@@H]4CC[C@@]3(C)[C@]1(C)CC2. The van der Waals surface area contributed by atoms with Gasteiger partial charge in [0, 0.05) is 5.41 Å². The summed E-state index contributed by atoms with van der Waals surface area (Å²) in [6.45, 7) is 16.4. The van der Waals surface area contributed by atoms with E-state index >= 15 is 0 Å². The molecule has 5 rings (SSSR count). The molecule has 0 aromatic heterocycles. The summed E-state index contributed by atoms with van der Waals surface area (Å²) in [5.41, 5.74) is 2.27. The third-order valence-corrected chi connectivity index (χ3v) is 11.9. The Bertz CT molecular complexity index is 1040. The molecule has 0 saturated heterocycles. The van der Waals surface area contributed by atoms with Crippen molar-refractivity contribution in [2.75, 3.05) is 7.11 Å². The zero-order chi connectivity index (χ0) is 24.9. The van der Waals surface area contributed by atoms with E-state index in [-0.39, 0.29) is 38.8 Å². The van der Waals surface area contributed by atoms with Crippen LogP contribution in [0.25, 0.3) is 0 Å². The van der Waals surface area contributed by atoms with Gasteiger partial charge in [-0.1, -0.05) is 66.7 Å². The fraction of sp³-hybridized carbons (Fsp3) is 0.742. The Labute approximate surface area is 206 Å². The first kappa shape index (κ1) is 24.1. The lowest BCUT2D eigenvalue weighted by molar-refractivity contribution is -0.157. The Morgan fingerprint density at radius 2 is 1.62 bits per heavy atom. The Balaban J connectivity index is 1.71. The standard InChI is InChI=1S/C31H44O3/c1-26(2)15-17-31(25(33)34-8)18-16-29(6)20(21(31)19-26)9-10-23-28(5)13-12-24(32)27(3,4)22(28)11-14-30(23,29)7/h9-10,12-13,22-23H,11,14-19H2,1-8H3/t22-,23+,28-,29+,30+,31-/m0/s1. The molecule has 0 radical (unpaired) electrons. The number of allylic oxidation sites excluding steroid dienone is 5. The second-order valence-electron chi connectivity index (χ2n) is 14.3. The summed E-state index contributed by atoms with van der Waals surface area (Å²) in [4.78, 5) is 26.1. The van der Waals surface area contributed by atoms with Crippen LogP contribution < -0.4 is 0 Å². The van der Waals surface area contributed by atoms with Crippen LogP contribution in [0.3, 0.4) is 0 Å². The van der Waals surface area contributed by atoms with Crippen molar-refractivity contribution in [2.24, 2.45) is 44.3 Å². The van der Waals surface area contributed by atoms with Gasteiger partial charge in [-0.3, -0.25) is 9.59 Å². The van der Waals surface area contributed by atoms with Gasteiger partial charge >= 0.3 is 5.97 Å². The molecule has 0 amide bonds. The van der Waals surface area contributed by atoms with Crippen LogP contribution in [0, 0.1) is 44.3 Å². The van der Waals surface area contributed by atoms with Crippen LogP contribution in [0.15, 0.2) is 35.5 Å². The molecule has 5 aliphatic carbocycles. The number of rotatable bonds is 1. The number of carbonyl (C=O) groups is 2. The lowest BCUT2D eigenvalue weighted by Gasteiger charge is -2.67. The number of carbonyl (C=O) groups excluding carboxylic acids is 2. The maximum atomic E-state index is 13.3. The van der Waals surface area contributed by atoms with Crippen molar-refractivity contribution in [1.82, 2.24) is 0 Å². The van der Waals surface area contributed by atoms with Gasteiger partial charge in [0.1, 0.15) is 0 Å². The Morgan fingerprint density at radius 1 is 0.941 bits per heavy atom. The molecule has 5 aliphatic rings. The van der Waals surface area contributed by atoms with Crippen LogP contribution in [-0.4, -0.2) is 18.9 Å². The van der Waals surface area contributed by atoms with E-state index in [2.05, 4.69) is 66.7 Å². The van der Waals surface area contributed by atoms with Crippen molar-refractivity contribution >= 4 is 11.8 Å². The summed E-state index contributed by atoms with van der Waals surface area (Å²) >= 11 is 0. The van der Waals surface area contributed by atoms with E-state index in [1.54, 1.807) is 7.11 Å². The molecule has 186 valence electrons.